The van der Waals surface area contributed by atoms with Gasteiger partial charge in [0, 0.05) is 38.9 Å². The van der Waals surface area contributed by atoms with Crippen molar-refractivity contribution in [1.82, 2.24) is 9.88 Å². The Labute approximate surface area is 119 Å². The number of methoxy groups -OCH3 is 1. The number of ether oxygens (including phenoxy) is 1. The van der Waals surface area contributed by atoms with E-state index in [1.54, 1.807) is 13.3 Å². The summed E-state index contributed by atoms with van der Waals surface area (Å²) in [6.45, 7) is 2.48. The van der Waals surface area contributed by atoms with Crippen LogP contribution in [0.4, 0.5) is 0 Å². The minimum atomic E-state index is -2.99. The van der Waals surface area contributed by atoms with Crippen molar-refractivity contribution < 1.29 is 13.2 Å². The Bertz CT molecular complexity index is 567. The maximum Gasteiger partial charge on any atom is 0.158 e. The van der Waals surface area contributed by atoms with Crippen LogP contribution in [0.3, 0.4) is 0 Å². The summed E-state index contributed by atoms with van der Waals surface area (Å²) in [4.78, 5) is 6.45. The molecule has 0 N–H and O–H groups in total. The van der Waals surface area contributed by atoms with Crippen LogP contribution >= 0.6 is 0 Å². The van der Waals surface area contributed by atoms with Gasteiger partial charge in [-0.3, -0.25) is 9.88 Å². The molecule has 5 nitrogen and oxygen atoms in total. The van der Waals surface area contributed by atoms with Gasteiger partial charge in [-0.15, -0.1) is 0 Å². The standard InChI is InChI=1S/C14H20N2O3S/c1-19-9-12-5-7-20(17,18)14(12)10-16(11-14)8-13-4-2-3-6-15-13/h2-4,6,12H,5,7-11H2,1H3. The topological polar surface area (TPSA) is 59.5 Å². The zero-order valence-corrected chi connectivity index (χ0v) is 12.5. The first-order chi connectivity index (χ1) is 9.57. The highest BCUT2D eigenvalue weighted by molar-refractivity contribution is 7.93. The molecule has 1 atom stereocenters. The number of hydrogen-bond acceptors (Lipinski definition) is 5. The fourth-order valence-corrected chi connectivity index (χ4v) is 5.91. The zero-order valence-electron chi connectivity index (χ0n) is 11.7. The fourth-order valence-electron chi connectivity index (χ4n) is 3.45. The fraction of sp³-hybridized carbons (Fsp3) is 0.643. The van der Waals surface area contributed by atoms with Gasteiger partial charge in [0.2, 0.25) is 0 Å². The summed E-state index contributed by atoms with van der Waals surface area (Å²) < 4.78 is 29.3. The van der Waals surface area contributed by atoms with Crippen LogP contribution in [0.15, 0.2) is 24.4 Å². The Kier molecular flexibility index (Phi) is 3.56. The van der Waals surface area contributed by atoms with Crippen LogP contribution in [0, 0.1) is 5.92 Å². The van der Waals surface area contributed by atoms with E-state index in [1.165, 1.54) is 0 Å². The minimum Gasteiger partial charge on any atom is -0.384 e. The van der Waals surface area contributed by atoms with Crippen LogP contribution in [-0.2, 0) is 21.1 Å². The Hall–Kier alpha value is -0.980. The predicted molar refractivity (Wildman–Crippen MR) is 76.0 cm³/mol. The molecule has 0 amide bonds. The van der Waals surface area contributed by atoms with Crippen LogP contribution in [0.2, 0.25) is 0 Å². The Morgan fingerprint density at radius 2 is 2.25 bits per heavy atom. The van der Waals surface area contributed by atoms with E-state index < -0.39 is 14.6 Å². The van der Waals surface area contributed by atoms with Gasteiger partial charge in [0.1, 0.15) is 4.75 Å². The molecule has 6 heteroatoms. The molecule has 20 heavy (non-hydrogen) atoms. The van der Waals surface area contributed by atoms with Gasteiger partial charge in [-0.05, 0) is 18.6 Å². The summed E-state index contributed by atoms with van der Waals surface area (Å²) in [6, 6.07) is 5.82. The van der Waals surface area contributed by atoms with E-state index in [9.17, 15) is 8.42 Å². The highest BCUT2D eigenvalue weighted by atomic mass is 32.2. The molecule has 110 valence electrons. The van der Waals surface area contributed by atoms with Crippen molar-refractivity contribution >= 4 is 9.84 Å². The first-order valence-corrected chi connectivity index (χ1v) is 8.56. The predicted octanol–water partition coefficient (Wildman–Crippen LogP) is 0.717. The lowest BCUT2D eigenvalue weighted by molar-refractivity contribution is 0.0404. The van der Waals surface area contributed by atoms with E-state index in [0.717, 1.165) is 18.7 Å². The van der Waals surface area contributed by atoms with Gasteiger partial charge in [0.05, 0.1) is 18.1 Å². The first-order valence-electron chi connectivity index (χ1n) is 6.91. The molecule has 0 aromatic carbocycles. The molecule has 1 aromatic heterocycles. The highest BCUT2D eigenvalue weighted by Crippen LogP contribution is 2.45. The molecule has 0 aliphatic carbocycles. The lowest BCUT2D eigenvalue weighted by atomic mass is 9.83. The normalized spacial score (nSPS) is 27.6. The van der Waals surface area contributed by atoms with Gasteiger partial charge < -0.3 is 4.74 Å². The summed E-state index contributed by atoms with van der Waals surface area (Å²) in [5.74, 6) is 0.441. The van der Waals surface area contributed by atoms with Crippen molar-refractivity contribution in [3.63, 3.8) is 0 Å². The Morgan fingerprint density at radius 3 is 2.90 bits per heavy atom. The number of likely N-dealkylation sites (tertiary alicyclic amines) is 1. The molecule has 0 bridgehead atoms. The molecule has 2 aliphatic rings. The van der Waals surface area contributed by atoms with E-state index in [4.69, 9.17) is 4.74 Å². The largest absolute Gasteiger partial charge is 0.384 e. The van der Waals surface area contributed by atoms with Crippen LogP contribution in [0.5, 0.6) is 0 Å². The third-order valence-corrected chi connectivity index (χ3v) is 7.16. The maximum atomic E-state index is 12.4. The molecule has 3 rings (SSSR count). The van der Waals surface area contributed by atoms with Gasteiger partial charge in [-0.1, -0.05) is 6.07 Å². The van der Waals surface area contributed by atoms with Crippen molar-refractivity contribution in [3.8, 4) is 0 Å². The van der Waals surface area contributed by atoms with Crippen molar-refractivity contribution in [3.05, 3.63) is 30.1 Å². The monoisotopic (exact) mass is 296 g/mol. The van der Waals surface area contributed by atoms with E-state index in [2.05, 4.69) is 9.88 Å². The van der Waals surface area contributed by atoms with Crippen LogP contribution < -0.4 is 0 Å². The molecule has 0 radical (unpaired) electrons. The van der Waals surface area contributed by atoms with Gasteiger partial charge in [-0.25, -0.2) is 8.42 Å². The quantitative estimate of drug-likeness (QED) is 0.819. The summed E-state index contributed by atoms with van der Waals surface area (Å²) in [7, 11) is -1.35. The SMILES string of the molecule is COCC1CCS(=O)(=O)C12CN(Cc1ccccn1)C2. The first kappa shape index (κ1) is 14.0. The Morgan fingerprint density at radius 1 is 1.45 bits per heavy atom. The van der Waals surface area contributed by atoms with Crippen LogP contribution in [0.25, 0.3) is 0 Å². The molecular formula is C14H20N2O3S. The molecule has 2 fully saturated rings. The van der Waals surface area contributed by atoms with Crippen LogP contribution in [-0.4, -0.2) is 55.6 Å². The van der Waals surface area contributed by atoms with Crippen molar-refractivity contribution in [2.24, 2.45) is 5.92 Å². The third kappa shape index (κ3) is 2.16. The van der Waals surface area contributed by atoms with Gasteiger partial charge in [0.15, 0.2) is 9.84 Å². The summed E-state index contributed by atoms with van der Waals surface area (Å²) in [5.41, 5.74) is 0.987. The molecule has 0 saturated carbocycles. The number of sulfone groups is 1. The van der Waals surface area contributed by atoms with Gasteiger partial charge >= 0.3 is 0 Å². The smallest absolute Gasteiger partial charge is 0.158 e. The second-order valence-electron chi connectivity index (χ2n) is 5.79. The minimum absolute atomic E-state index is 0.137. The summed E-state index contributed by atoms with van der Waals surface area (Å²) in [6.07, 6.45) is 2.50. The van der Waals surface area contributed by atoms with E-state index in [1.807, 2.05) is 18.2 Å². The molecule has 3 heterocycles. The lowest BCUT2D eigenvalue weighted by Crippen LogP contribution is -2.67. The molecule has 1 aromatic rings. The number of pyridine rings is 1. The van der Waals surface area contributed by atoms with Gasteiger partial charge in [0.25, 0.3) is 0 Å². The van der Waals surface area contributed by atoms with Crippen molar-refractivity contribution in [2.45, 2.75) is 17.7 Å². The van der Waals surface area contributed by atoms with E-state index in [-0.39, 0.29) is 5.92 Å². The number of hydrogen-bond donors (Lipinski definition) is 0. The second kappa shape index (κ2) is 5.09. The van der Waals surface area contributed by atoms with Crippen LogP contribution in [0.1, 0.15) is 12.1 Å². The number of rotatable bonds is 4. The summed E-state index contributed by atoms with van der Waals surface area (Å²) >= 11 is 0. The number of aromatic nitrogens is 1. The number of nitrogens with zero attached hydrogens (tertiary/aromatic N) is 2. The lowest BCUT2D eigenvalue weighted by Gasteiger charge is -2.49. The van der Waals surface area contributed by atoms with E-state index >= 15 is 0 Å². The highest BCUT2D eigenvalue weighted by Gasteiger charge is 2.61. The van der Waals surface area contributed by atoms with Gasteiger partial charge in [-0.2, -0.15) is 0 Å². The molecule has 2 aliphatic heterocycles. The molecule has 1 unspecified atom stereocenters. The second-order valence-corrected chi connectivity index (χ2v) is 8.24. The van der Waals surface area contributed by atoms with E-state index in [0.29, 0.717) is 25.4 Å². The zero-order chi connectivity index (χ0) is 14.2. The average Bonchev–Trinajstić information content (AvgIpc) is 2.64. The molecule has 2 saturated heterocycles. The average molecular weight is 296 g/mol. The Balaban J connectivity index is 1.70. The maximum absolute atomic E-state index is 12.4. The molecule has 1 spiro atoms. The molecular weight excluding hydrogens is 276 g/mol. The van der Waals surface area contributed by atoms with Crippen molar-refractivity contribution in [2.75, 3.05) is 32.6 Å². The van der Waals surface area contributed by atoms with Crippen molar-refractivity contribution in [1.29, 1.82) is 0 Å². The summed E-state index contributed by atoms with van der Waals surface area (Å²) in [5, 5.41) is 0. The third-order valence-electron chi connectivity index (χ3n) is 4.56.